The first-order chi connectivity index (χ1) is 28.7. The summed E-state index contributed by atoms with van der Waals surface area (Å²) in [5, 5.41) is 4.45. The maximum absolute atomic E-state index is 6.56. The van der Waals surface area contributed by atoms with E-state index in [1.54, 1.807) is 4.40 Å². The molecule has 5 aromatic carbocycles. The Hall–Kier alpha value is -4.81. The molecule has 305 valence electrons. The van der Waals surface area contributed by atoms with Crippen LogP contribution >= 0.6 is 0 Å². The zero-order chi connectivity index (χ0) is 40.5. The fourth-order valence-electron chi connectivity index (χ4n) is 9.02. The number of pyridine rings is 2. The second kappa shape index (κ2) is 18.0. The van der Waals surface area contributed by atoms with Gasteiger partial charge in [0.15, 0.2) is 0 Å². The van der Waals surface area contributed by atoms with Crippen molar-refractivity contribution < 1.29 is 28.9 Å². The minimum absolute atomic E-state index is 0. The van der Waals surface area contributed by atoms with Crippen molar-refractivity contribution in [1.82, 2.24) is 9.97 Å². The molecular weight excluding hydrogens is 973 g/mol. The van der Waals surface area contributed by atoms with E-state index in [2.05, 4.69) is 128 Å². The Morgan fingerprint density at radius 1 is 0.683 bits per heavy atom. The number of nitrogens with zero attached hydrogens (tertiary/aromatic N) is 2. The molecular formula is C54H52GeIrN2O2-2. The van der Waals surface area contributed by atoms with E-state index >= 15 is 0 Å². The summed E-state index contributed by atoms with van der Waals surface area (Å²) < 4.78 is 14.4. The van der Waals surface area contributed by atoms with Crippen LogP contribution in [0.25, 0.3) is 77.5 Å². The van der Waals surface area contributed by atoms with Gasteiger partial charge in [-0.1, -0.05) is 103 Å². The third-order valence-electron chi connectivity index (χ3n) is 11.9. The zero-order valence-corrected chi connectivity index (χ0v) is 39.8. The van der Waals surface area contributed by atoms with Gasteiger partial charge in [-0.25, -0.2) is 0 Å². The number of hydrogen-bond acceptors (Lipinski definition) is 4. The number of aromatic nitrogens is 2. The maximum Gasteiger partial charge on any atom is 0.143 e. The first-order valence-electron chi connectivity index (χ1n) is 21.4. The van der Waals surface area contributed by atoms with Crippen molar-refractivity contribution in [1.29, 1.82) is 0 Å². The van der Waals surface area contributed by atoms with E-state index in [1.807, 2.05) is 42.6 Å². The first kappa shape index (κ1) is 41.9. The molecule has 1 saturated carbocycles. The van der Waals surface area contributed by atoms with Crippen molar-refractivity contribution in [3.8, 4) is 33.6 Å². The summed E-state index contributed by atoms with van der Waals surface area (Å²) in [4.78, 5) is 9.44. The number of hydrogen-bond donors (Lipinski definition) is 0. The normalized spacial score (nSPS) is 13.5. The van der Waals surface area contributed by atoms with Crippen molar-refractivity contribution in [3.05, 3.63) is 151 Å². The fraction of sp³-hybridized carbons (Fsp3) is 0.259. The number of benzene rings is 5. The predicted octanol–water partition coefficient (Wildman–Crippen LogP) is 14.4. The molecule has 9 aromatic rings. The van der Waals surface area contributed by atoms with E-state index in [-0.39, 0.29) is 20.1 Å². The van der Waals surface area contributed by atoms with E-state index < -0.39 is 13.3 Å². The molecule has 0 unspecified atom stereocenters. The fourth-order valence-corrected chi connectivity index (χ4v) is 12.4. The van der Waals surface area contributed by atoms with Crippen LogP contribution < -0.4 is 4.40 Å². The summed E-state index contributed by atoms with van der Waals surface area (Å²) >= 11 is -1.86. The molecule has 10 rings (SSSR count). The summed E-state index contributed by atoms with van der Waals surface area (Å²) in [6, 6.07) is 46.6. The van der Waals surface area contributed by atoms with Crippen LogP contribution in [0.3, 0.4) is 0 Å². The summed E-state index contributed by atoms with van der Waals surface area (Å²) in [5.41, 5.74) is 12.5. The minimum Gasteiger partial charge on any atom is -0.501 e. The van der Waals surface area contributed by atoms with Crippen molar-refractivity contribution >= 4 is 61.5 Å². The molecule has 4 heterocycles. The van der Waals surface area contributed by atoms with Gasteiger partial charge < -0.3 is 13.8 Å². The number of rotatable bonds is 8. The molecule has 4 aromatic heterocycles. The van der Waals surface area contributed by atoms with Crippen LogP contribution in [0.2, 0.25) is 17.3 Å². The molecule has 60 heavy (non-hydrogen) atoms. The van der Waals surface area contributed by atoms with Gasteiger partial charge in [0.25, 0.3) is 0 Å². The average molecular weight is 1030 g/mol. The molecule has 0 spiro atoms. The van der Waals surface area contributed by atoms with Crippen LogP contribution in [0, 0.1) is 24.0 Å². The van der Waals surface area contributed by atoms with Crippen molar-refractivity contribution in [2.24, 2.45) is 11.8 Å². The van der Waals surface area contributed by atoms with Crippen LogP contribution in [-0.4, -0.2) is 23.2 Å². The second-order valence-corrected chi connectivity index (χ2v) is 28.4. The maximum atomic E-state index is 6.56. The van der Waals surface area contributed by atoms with Gasteiger partial charge in [0.1, 0.15) is 16.7 Å². The SMILES string of the molecule is CC(C)Cc1cc(-c2[c-]cccc2)nc[c]1[Ge]([CH3])([CH3])[CH3].[Ir].[c-]1ccc2c(oc3cc(-c4cccc5c4oc4ccccc45)ccc32)c1-c1cc(CC2CCCCC2)ccn1. The van der Waals surface area contributed by atoms with E-state index in [0.29, 0.717) is 5.92 Å². The molecule has 6 heteroatoms. The van der Waals surface area contributed by atoms with Crippen LogP contribution in [-0.2, 0) is 32.9 Å². The molecule has 0 aliphatic heterocycles. The Morgan fingerprint density at radius 3 is 2.25 bits per heavy atom. The second-order valence-electron chi connectivity index (χ2n) is 17.8. The molecule has 0 bridgehead atoms. The van der Waals surface area contributed by atoms with E-state index in [1.165, 1.54) is 43.2 Å². The van der Waals surface area contributed by atoms with Gasteiger partial charge in [0.2, 0.25) is 0 Å². The Kier molecular flexibility index (Phi) is 12.6. The summed E-state index contributed by atoms with van der Waals surface area (Å²) in [6.07, 6.45) is 13.1. The molecule has 1 aliphatic rings. The molecule has 0 atom stereocenters. The van der Waals surface area contributed by atoms with Gasteiger partial charge in [-0.15, -0.1) is 18.2 Å². The van der Waals surface area contributed by atoms with Crippen LogP contribution in [0.4, 0.5) is 0 Å². The third-order valence-corrected chi connectivity index (χ3v) is 16.2. The molecule has 0 N–H and O–H groups in total. The number of furan rings is 2. The Balaban J connectivity index is 0.000000202. The zero-order valence-electron chi connectivity index (χ0n) is 35.3. The van der Waals surface area contributed by atoms with Gasteiger partial charge in [-0.3, -0.25) is 0 Å². The van der Waals surface area contributed by atoms with E-state index in [0.717, 1.165) is 96.3 Å². The average Bonchev–Trinajstić information content (AvgIpc) is 3.82. The van der Waals surface area contributed by atoms with Gasteiger partial charge >= 0.3 is 126 Å². The monoisotopic (exact) mass is 1030 g/mol. The Bertz CT molecular complexity index is 2900. The standard InChI is InChI=1S/C36H28NO2.C18H24GeN.Ir/c1-2-8-23(9-3-1)20-24-18-19-37-32(21-24)31-14-7-13-30-28-17-16-25(22-34(28)39-36(30)31)26-11-6-12-29-27-10-4-5-15-33(27)38-35(26)29;1-14(2)11-16-12-18(15-9-7-6-8-10-15)20-13-17(16)19(3,4)5;/h4-7,10-13,15-19,21-23H,1-3,8-9,20H2;6-9,12-14H,11H2,1-5H3;/q2*-1;. The quantitative estimate of drug-likeness (QED) is 0.112. The van der Waals surface area contributed by atoms with Crippen LogP contribution in [0.1, 0.15) is 57.1 Å². The smallest absolute Gasteiger partial charge is 0.143 e. The molecule has 4 nitrogen and oxygen atoms in total. The summed E-state index contributed by atoms with van der Waals surface area (Å²) in [5.74, 6) is 8.78. The van der Waals surface area contributed by atoms with Crippen molar-refractivity contribution in [2.75, 3.05) is 0 Å². The molecule has 0 saturated heterocycles. The topological polar surface area (TPSA) is 52.1 Å². The summed E-state index contributed by atoms with van der Waals surface area (Å²) in [6.45, 7) is 4.57. The number of para-hydroxylation sites is 2. The Labute approximate surface area is 370 Å². The third kappa shape index (κ3) is 8.82. The minimum atomic E-state index is -1.86. The Morgan fingerprint density at radius 2 is 1.45 bits per heavy atom. The van der Waals surface area contributed by atoms with Crippen LogP contribution in [0.5, 0.6) is 0 Å². The van der Waals surface area contributed by atoms with Crippen molar-refractivity contribution in [2.45, 2.75) is 76.1 Å². The van der Waals surface area contributed by atoms with E-state index in [4.69, 9.17) is 18.8 Å². The predicted molar refractivity (Wildman–Crippen MR) is 249 cm³/mol. The molecule has 0 amide bonds. The van der Waals surface area contributed by atoms with Gasteiger partial charge in [0, 0.05) is 48.0 Å². The largest absolute Gasteiger partial charge is 0.501 e. The van der Waals surface area contributed by atoms with Crippen LogP contribution in [0.15, 0.2) is 136 Å². The summed E-state index contributed by atoms with van der Waals surface area (Å²) in [7, 11) is 0. The van der Waals surface area contributed by atoms with E-state index in [9.17, 15) is 0 Å². The molecule has 1 fully saturated rings. The first-order valence-corrected chi connectivity index (χ1v) is 28.7. The van der Waals surface area contributed by atoms with Gasteiger partial charge in [-0.2, -0.15) is 0 Å². The van der Waals surface area contributed by atoms with Gasteiger partial charge in [-0.05, 0) is 41.8 Å². The van der Waals surface area contributed by atoms with Crippen molar-refractivity contribution in [3.63, 3.8) is 0 Å². The van der Waals surface area contributed by atoms with Gasteiger partial charge in [0.05, 0.1) is 5.58 Å². The molecule has 1 radical (unpaired) electrons. The number of fused-ring (bicyclic) bond motifs is 6. The molecule has 1 aliphatic carbocycles.